The molecule has 4 nitrogen and oxygen atoms in total. The second-order valence-corrected chi connectivity index (χ2v) is 3.82. The maximum Gasteiger partial charge on any atom is 0.298 e. The molecule has 0 atom stereocenters. The van der Waals surface area contributed by atoms with Gasteiger partial charge in [0, 0.05) is 0 Å². The molecule has 0 radical (unpaired) electrons. The van der Waals surface area contributed by atoms with Gasteiger partial charge in [0.25, 0.3) is 6.01 Å². The minimum atomic E-state index is 0.768. The lowest BCUT2D eigenvalue weighted by Crippen LogP contribution is -2.89. The predicted molar refractivity (Wildman–Crippen MR) is 57.9 cm³/mol. The van der Waals surface area contributed by atoms with E-state index in [0.29, 0.717) is 0 Å². The highest BCUT2D eigenvalue weighted by atomic mass is 16.4. The molecule has 0 amide bonds. The number of aromatic nitrogens is 1. The summed E-state index contributed by atoms with van der Waals surface area (Å²) in [4.78, 5) is 6.69. The van der Waals surface area contributed by atoms with E-state index in [-0.39, 0.29) is 0 Å². The van der Waals surface area contributed by atoms with E-state index in [1.54, 1.807) is 0 Å². The number of hydrogen-bond acceptors (Lipinski definition) is 3. The molecule has 1 fully saturated rings. The molecular formula is C11H14N3O+. The molecule has 0 unspecified atom stereocenters. The van der Waals surface area contributed by atoms with E-state index in [4.69, 9.17) is 4.42 Å². The van der Waals surface area contributed by atoms with Gasteiger partial charge < -0.3 is 14.6 Å². The molecule has 0 spiro atoms. The molecule has 78 valence electrons. The molecule has 4 heteroatoms. The summed E-state index contributed by atoms with van der Waals surface area (Å²) < 4.78 is 5.71. The standard InChI is InChI=1S/C11H13N3O/c1-2-4-10-9(3-1)13-11(15-10)14-7-5-12-6-8-14/h1-4,12H,5-8H2/p+1. The van der Waals surface area contributed by atoms with Crippen LogP contribution in [0.4, 0.5) is 6.01 Å². The van der Waals surface area contributed by atoms with Crippen LogP contribution in [-0.2, 0) is 0 Å². The zero-order valence-electron chi connectivity index (χ0n) is 8.52. The Balaban J connectivity index is 1.96. The lowest BCUT2D eigenvalue weighted by molar-refractivity contribution is -0.655. The number of benzene rings is 1. The molecule has 1 saturated heterocycles. The van der Waals surface area contributed by atoms with Crippen molar-refractivity contribution in [2.75, 3.05) is 31.1 Å². The van der Waals surface area contributed by atoms with Gasteiger partial charge in [-0.3, -0.25) is 0 Å². The Labute approximate surface area is 87.9 Å². The van der Waals surface area contributed by atoms with E-state index >= 15 is 0 Å². The van der Waals surface area contributed by atoms with Crippen molar-refractivity contribution >= 4 is 17.1 Å². The van der Waals surface area contributed by atoms with Gasteiger partial charge in [0.2, 0.25) is 0 Å². The first-order chi connectivity index (χ1) is 7.43. The lowest BCUT2D eigenvalue weighted by Gasteiger charge is -2.22. The van der Waals surface area contributed by atoms with Gasteiger partial charge in [-0.1, -0.05) is 12.1 Å². The number of nitrogens with zero attached hydrogens (tertiary/aromatic N) is 2. The smallest absolute Gasteiger partial charge is 0.298 e. The molecule has 1 aliphatic heterocycles. The Bertz CT molecular complexity index is 427. The molecule has 15 heavy (non-hydrogen) atoms. The van der Waals surface area contributed by atoms with Gasteiger partial charge in [-0.15, -0.1) is 0 Å². The largest absolute Gasteiger partial charge is 0.423 e. The number of nitrogens with two attached hydrogens (primary N) is 1. The normalized spacial score (nSPS) is 17.2. The first-order valence-electron chi connectivity index (χ1n) is 5.36. The summed E-state index contributed by atoms with van der Waals surface area (Å²) in [6, 6.07) is 8.67. The fourth-order valence-electron chi connectivity index (χ4n) is 1.94. The molecule has 1 aromatic heterocycles. The quantitative estimate of drug-likeness (QED) is 0.722. The van der Waals surface area contributed by atoms with Crippen LogP contribution in [0.5, 0.6) is 0 Å². The number of anilines is 1. The third kappa shape index (κ3) is 1.57. The van der Waals surface area contributed by atoms with Crippen LogP contribution < -0.4 is 10.2 Å². The topological polar surface area (TPSA) is 45.9 Å². The highest BCUT2D eigenvalue weighted by Crippen LogP contribution is 2.21. The lowest BCUT2D eigenvalue weighted by atomic mass is 10.3. The zero-order valence-corrected chi connectivity index (χ0v) is 8.52. The maximum absolute atomic E-state index is 5.71. The minimum Gasteiger partial charge on any atom is -0.423 e. The first kappa shape index (κ1) is 8.73. The van der Waals surface area contributed by atoms with E-state index in [1.165, 1.54) is 0 Å². The Hall–Kier alpha value is -1.55. The van der Waals surface area contributed by atoms with Crippen molar-refractivity contribution in [1.82, 2.24) is 4.98 Å². The fraction of sp³-hybridized carbons (Fsp3) is 0.364. The SMILES string of the molecule is c1ccc2oc(N3CC[NH2+]CC3)nc2c1. The Morgan fingerprint density at radius 3 is 2.80 bits per heavy atom. The van der Waals surface area contributed by atoms with Crippen LogP contribution in [0.25, 0.3) is 11.1 Å². The molecule has 2 heterocycles. The molecule has 0 aliphatic carbocycles. The van der Waals surface area contributed by atoms with Crippen molar-refractivity contribution in [3.8, 4) is 0 Å². The molecule has 2 N–H and O–H groups in total. The molecule has 0 saturated carbocycles. The van der Waals surface area contributed by atoms with Crippen molar-refractivity contribution in [3.63, 3.8) is 0 Å². The Kier molecular flexibility index (Phi) is 2.07. The maximum atomic E-state index is 5.71. The Morgan fingerprint density at radius 2 is 2.00 bits per heavy atom. The van der Waals surface area contributed by atoms with Gasteiger partial charge in [-0.05, 0) is 12.1 Å². The van der Waals surface area contributed by atoms with E-state index in [1.807, 2.05) is 24.3 Å². The molecular weight excluding hydrogens is 190 g/mol. The molecule has 2 aromatic rings. The summed E-state index contributed by atoms with van der Waals surface area (Å²) >= 11 is 0. The van der Waals surface area contributed by atoms with Crippen molar-refractivity contribution in [3.05, 3.63) is 24.3 Å². The van der Waals surface area contributed by atoms with Crippen LogP contribution in [-0.4, -0.2) is 31.2 Å². The van der Waals surface area contributed by atoms with E-state index in [2.05, 4.69) is 15.2 Å². The van der Waals surface area contributed by atoms with Crippen LogP contribution in [0.3, 0.4) is 0 Å². The monoisotopic (exact) mass is 204 g/mol. The third-order valence-electron chi connectivity index (χ3n) is 2.76. The highest BCUT2D eigenvalue weighted by Gasteiger charge is 2.17. The average Bonchev–Trinajstić information content (AvgIpc) is 2.74. The van der Waals surface area contributed by atoms with E-state index < -0.39 is 0 Å². The van der Waals surface area contributed by atoms with Crippen LogP contribution >= 0.6 is 0 Å². The predicted octanol–water partition coefficient (Wildman–Crippen LogP) is 0.211. The van der Waals surface area contributed by atoms with Gasteiger partial charge in [-0.25, -0.2) is 0 Å². The van der Waals surface area contributed by atoms with Crippen molar-refractivity contribution in [2.24, 2.45) is 0 Å². The fourth-order valence-corrected chi connectivity index (χ4v) is 1.94. The first-order valence-corrected chi connectivity index (χ1v) is 5.36. The third-order valence-corrected chi connectivity index (χ3v) is 2.76. The van der Waals surface area contributed by atoms with Crippen molar-refractivity contribution in [1.29, 1.82) is 0 Å². The van der Waals surface area contributed by atoms with Gasteiger partial charge in [0.15, 0.2) is 5.58 Å². The molecule has 3 rings (SSSR count). The number of para-hydroxylation sites is 2. The highest BCUT2D eigenvalue weighted by molar-refractivity contribution is 5.74. The van der Waals surface area contributed by atoms with Crippen LogP contribution in [0, 0.1) is 0 Å². The summed E-state index contributed by atoms with van der Waals surface area (Å²) in [5.74, 6) is 0. The van der Waals surface area contributed by atoms with Gasteiger partial charge in [-0.2, -0.15) is 4.98 Å². The second kappa shape index (κ2) is 3.55. The summed E-state index contributed by atoms with van der Waals surface area (Å²) in [6.07, 6.45) is 0. The van der Waals surface area contributed by atoms with Gasteiger partial charge in [0.1, 0.15) is 5.52 Å². The second-order valence-electron chi connectivity index (χ2n) is 3.82. The molecule has 1 aromatic carbocycles. The summed E-state index contributed by atoms with van der Waals surface area (Å²) in [5, 5.41) is 2.32. The van der Waals surface area contributed by atoms with Crippen LogP contribution in [0.2, 0.25) is 0 Å². The van der Waals surface area contributed by atoms with Crippen molar-refractivity contribution in [2.45, 2.75) is 0 Å². The van der Waals surface area contributed by atoms with Crippen molar-refractivity contribution < 1.29 is 9.73 Å². The van der Waals surface area contributed by atoms with E-state index in [9.17, 15) is 0 Å². The summed E-state index contributed by atoms with van der Waals surface area (Å²) in [7, 11) is 0. The number of oxazole rings is 1. The van der Waals surface area contributed by atoms with E-state index in [0.717, 1.165) is 43.3 Å². The summed E-state index contributed by atoms with van der Waals surface area (Å²) in [6.45, 7) is 4.29. The summed E-state index contributed by atoms with van der Waals surface area (Å²) in [5.41, 5.74) is 1.82. The van der Waals surface area contributed by atoms with Gasteiger partial charge in [0.05, 0.1) is 26.2 Å². The van der Waals surface area contributed by atoms with Gasteiger partial charge >= 0.3 is 0 Å². The number of fused-ring (bicyclic) bond motifs is 1. The molecule has 1 aliphatic rings. The Morgan fingerprint density at radius 1 is 1.20 bits per heavy atom. The van der Waals surface area contributed by atoms with Crippen LogP contribution in [0.15, 0.2) is 28.7 Å². The average molecular weight is 204 g/mol. The number of piperazine rings is 1. The number of hydrogen-bond donors (Lipinski definition) is 1. The number of quaternary nitrogens is 1. The number of rotatable bonds is 1. The zero-order chi connectivity index (χ0) is 10.1. The minimum absolute atomic E-state index is 0.768. The van der Waals surface area contributed by atoms with Crippen LogP contribution in [0.1, 0.15) is 0 Å². The molecule has 0 bridgehead atoms.